The summed E-state index contributed by atoms with van der Waals surface area (Å²) in [5, 5.41) is 1.94. The SMILES string of the molecule is CCCC#CCCCC(=O)NN(C(=O)c1ccc(Cl)cc1)C(C)(C)C. The van der Waals surface area contributed by atoms with Crippen molar-refractivity contribution in [2.75, 3.05) is 0 Å². The molecule has 1 N–H and O–H groups in total. The van der Waals surface area contributed by atoms with Gasteiger partial charge in [0.2, 0.25) is 5.91 Å². The van der Waals surface area contributed by atoms with Crippen LogP contribution >= 0.6 is 11.6 Å². The van der Waals surface area contributed by atoms with Gasteiger partial charge in [-0.15, -0.1) is 11.8 Å². The highest BCUT2D eigenvalue weighted by Gasteiger charge is 2.29. The van der Waals surface area contributed by atoms with Gasteiger partial charge in [0.1, 0.15) is 0 Å². The van der Waals surface area contributed by atoms with E-state index in [2.05, 4.69) is 24.2 Å². The zero-order valence-electron chi connectivity index (χ0n) is 15.5. The molecule has 5 heteroatoms. The number of unbranched alkanes of at least 4 members (excludes halogenated alkanes) is 2. The minimum Gasteiger partial charge on any atom is -0.273 e. The molecule has 0 aromatic heterocycles. The molecule has 1 aromatic rings. The second kappa shape index (κ2) is 10.1. The van der Waals surface area contributed by atoms with E-state index in [0.717, 1.165) is 12.8 Å². The zero-order chi connectivity index (χ0) is 18.9. The van der Waals surface area contributed by atoms with Crippen LogP contribution < -0.4 is 5.43 Å². The summed E-state index contributed by atoms with van der Waals surface area (Å²) in [6.45, 7) is 7.70. The lowest BCUT2D eigenvalue weighted by Crippen LogP contribution is -2.55. The molecular formula is C20H27ClN2O2. The number of nitrogens with one attached hydrogen (secondary N) is 1. The molecule has 1 rings (SSSR count). The van der Waals surface area contributed by atoms with E-state index in [0.29, 0.717) is 29.8 Å². The Labute approximate surface area is 155 Å². The number of rotatable bonds is 5. The van der Waals surface area contributed by atoms with Crippen molar-refractivity contribution in [2.45, 2.75) is 65.3 Å². The third kappa shape index (κ3) is 7.62. The predicted molar refractivity (Wildman–Crippen MR) is 102 cm³/mol. The Morgan fingerprint density at radius 3 is 2.28 bits per heavy atom. The summed E-state index contributed by atoms with van der Waals surface area (Å²) in [6.07, 6.45) is 3.63. The van der Waals surface area contributed by atoms with E-state index in [-0.39, 0.29) is 11.8 Å². The number of carbonyl (C=O) groups excluding carboxylic acids is 2. The molecular weight excluding hydrogens is 336 g/mol. The quantitative estimate of drug-likeness (QED) is 0.473. The first-order chi connectivity index (χ1) is 11.8. The Balaban J connectivity index is 2.68. The van der Waals surface area contributed by atoms with Crippen LogP contribution in [-0.2, 0) is 4.79 Å². The van der Waals surface area contributed by atoms with E-state index in [9.17, 15) is 9.59 Å². The molecule has 0 aliphatic rings. The number of benzene rings is 1. The van der Waals surface area contributed by atoms with E-state index in [1.54, 1.807) is 24.3 Å². The Bertz CT molecular complexity index is 636. The number of hydrazine groups is 1. The lowest BCUT2D eigenvalue weighted by Gasteiger charge is -2.35. The molecule has 25 heavy (non-hydrogen) atoms. The third-order valence-corrected chi connectivity index (χ3v) is 3.66. The zero-order valence-corrected chi connectivity index (χ0v) is 16.2. The van der Waals surface area contributed by atoms with Crippen molar-refractivity contribution in [3.63, 3.8) is 0 Å². The van der Waals surface area contributed by atoms with Crippen molar-refractivity contribution in [1.82, 2.24) is 10.4 Å². The molecule has 1 aromatic carbocycles. The van der Waals surface area contributed by atoms with Gasteiger partial charge < -0.3 is 0 Å². The first kappa shape index (κ1) is 21.1. The van der Waals surface area contributed by atoms with Crippen molar-refractivity contribution in [3.05, 3.63) is 34.9 Å². The van der Waals surface area contributed by atoms with E-state index < -0.39 is 5.54 Å². The summed E-state index contributed by atoms with van der Waals surface area (Å²) in [6, 6.07) is 6.62. The number of amides is 2. The summed E-state index contributed by atoms with van der Waals surface area (Å²) in [5.74, 6) is 5.67. The molecule has 4 nitrogen and oxygen atoms in total. The van der Waals surface area contributed by atoms with Gasteiger partial charge in [0.25, 0.3) is 5.91 Å². The van der Waals surface area contributed by atoms with Crippen LogP contribution in [0.2, 0.25) is 5.02 Å². The summed E-state index contributed by atoms with van der Waals surface area (Å²) >= 11 is 5.87. The van der Waals surface area contributed by atoms with E-state index >= 15 is 0 Å². The van der Waals surface area contributed by atoms with Crippen LogP contribution in [0, 0.1) is 11.8 Å². The predicted octanol–water partition coefficient (Wildman–Crippen LogP) is 4.59. The van der Waals surface area contributed by atoms with Crippen LogP contribution in [0.1, 0.15) is 70.2 Å². The van der Waals surface area contributed by atoms with Crippen molar-refractivity contribution in [3.8, 4) is 11.8 Å². The van der Waals surface area contributed by atoms with Crippen molar-refractivity contribution < 1.29 is 9.59 Å². The summed E-state index contributed by atoms with van der Waals surface area (Å²) in [5.41, 5.74) is 2.66. The Hall–Kier alpha value is -1.99. The van der Waals surface area contributed by atoms with Gasteiger partial charge in [-0.25, -0.2) is 5.01 Å². The molecule has 0 aliphatic heterocycles. The average Bonchev–Trinajstić information content (AvgIpc) is 2.55. The monoisotopic (exact) mass is 362 g/mol. The van der Waals surface area contributed by atoms with Crippen molar-refractivity contribution in [2.24, 2.45) is 0 Å². The standard InChI is InChI=1S/C20H27ClN2O2/c1-5-6-7-8-9-10-11-18(24)22-23(20(2,3)4)19(25)16-12-14-17(21)15-13-16/h12-15H,5-6,9-11H2,1-4H3,(H,22,24). The van der Waals surface area contributed by atoms with Gasteiger partial charge in [-0.1, -0.05) is 18.5 Å². The lowest BCUT2D eigenvalue weighted by molar-refractivity contribution is -0.126. The minimum absolute atomic E-state index is 0.186. The number of halogens is 1. The highest BCUT2D eigenvalue weighted by Crippen LogP contribution is 2.17. The normalized spacial score (nSPS) is 10.6. The van der Waals surface area contributed by atoms with Crippen LogP contribution in [0.15, 0.2) is 24.3 Å². The summed E-state index contributed by atoms with van der Waals surface area (Å²) in [4.78, 5) is 24.9. The molecule has 0 saturated carbocycles. The Kier molecular flexibility index (Phi) is 8.51. The van der Waals surface area contributed by atoms with Crippen LogP contribution in [0.4, 0.5) is 0 Å². The Morgan fingerprint density at radius 1 is 1.12 bits per heavy atom. The van der Waals surface area contributed by atoms with Gasteiger partial charge in [0, 0.05) is 29.8 Å². The van der Waals surface area contributed by atoms with Gasteiger partial charge >= 0.3 is 0 Å². The van der Waals surface area contributed by atoms with Crippen LogP contribution in [0.5, 0.6) is 0 Å². The fraction of sp³-hybridized carbons (Fsp3) is 0.500. The fourth-order valence-corrected chi connectivity index (χ4v) is 2.19. The van der Waals surface area contributed by atoms with E-state index in [1.807, 2.05) is 20.8 Å². The number of nitrogens with zero attached hydrogens (tertiary/aromatic N) is 1. The molecule has 0 bridgehead atoms. The van der Waals surface area contributed by atoms with Crippen molar-refractivity contribution >= 4 is 23.4 Å². The highest BCUT2D eigenvalue weighted by atomic mass is 35.5. The maximum absolute atomic E-state index is 12.7. The topological polar surface area (TPSA) is 49.4 Å². The van der Waals surface area contributed by atoms with Crippen LogP contribution in [0.3, 0.4) is 0 Å². The minimum atomic E-state index is -0.548. The molecule has 0 aliphatic carbocycles. The van der Waals surface area contributed by atoms with Gasteiger partial charge in [-0.3, -0.25) is 15.0 Å². The average molecular weight is 363 g/mol. The highest BCUT2D eigenvalue weighted by molar-refractivity contribution is 6.30. The Morgan fingerprint density at radius 2 is 1.72 bits per heavy atom. The first-order valence-corrected chi connectivity index (χ1v) is 8.99. The van der Waals surface area contributed by atoms with Gasteiger partial charge in [0.05, 0.1) is 5.54 Å². The van der Waals surface area contributed by atoms with Crippen LogP contribution in [-0.4, -0.2) is 22.4 Å². The second-order valence-corrected chi connectivity index (χ2v) is 7.25. The lowest BCUT2D eigenvalue weighted by atomic mass is 10.1. The number of hydrogen-bond donors (Lipinski definition) is 1. The van der Waals surface area contributed by atoms with Gasteiger partial charge in [-0.2, -0.15) is 0 Å². The largest absolute Gasteiger partial charge is 0.273 e. The fourth-order valence-electron chi connectivity index (χ4n) is 2.06. The van der Waals surface area contributed by atoms with E-state index in [4.69, 9.17) is 11.6 Å². The van der Waals surface area contributed by atoms with Gasteiger partial charge in [-0.05, 0) is 57.9 Å². The second-order valence-electron chi connectivity index (χ2n) is 6.81. The molecule has 0 radical (unpaired) electrons. The molecule has 0 saturated heterocycles. The summed E-state index contributed by atoms with van der Waals surface area (Å²) < 4.78 is 0. The van der Waals surface area contributed by atoms with Crippen LogP contribution in [0.25, 0.3) is 0 Å². The van der Waals surface area contributed by atoms with Gasteiger partial charge in [0.15, 0.2) is 0 Å². The number of hydrogen-bond acceptors (Lipinski definition) is 2. The maximum atomic E-state index is 12.7. The molecule has 0 spiro atoms. The summed E-state index contributed by atoms with van der Waals surface area (Å²) in [7, 11) is 0. The molecule has 0 atom stereocenters. The molecule has 0 heterocycles. The van der Waals surface area contributed by atoms with Crippen molar-refractivity contribution in [1.29, 1.82) is 0 Å². The molecule has 0 fully saturated rings. The maximum Gasteiger partial charge on any atom is 0.272 e. The smallest absolute Gasteiger partial charge is 0.272 e. The molecule has 136 valence electrons. The first-order valence-electron chi connectivity index (χ1n) is 8.61. The molecule has 2 amide bonds. The molecule has 0 unspecified atom stereocenters. The number of carbonyl (C=O) groups is 2. The third-order valence-electron chi connectivity index (χ3n) is 3.41. The van der Waals surface area contributed by atoms with E-state index in [1.165, 1.54) is 5.01 Å².